The van der Waals surface area contributed by atoms with Crippen molar-refractivity contribution >= 4 is 11.9 Å². The molecule has 3 rings (SSSR count). The minimum absolute atomic E-state index is 0.0442. The summed E-state index contributed by atoms with van der Waals surface area (Å²) < 4.78 is 0. The van der Waals surface area contributed by atoms with Crippen LogP contribution in [0.2, 0.25) is 0 Å². The van der Waals surface area contributed by atoms with Gasteiger partial charge >= 0.3 is 0 Å². The van der Waals surface area contributed by atoms with Crippen LogP contribution < -0.4 is 5.32 Å². The Bertz CT molecular complexity index is 654. The zero-order chi connectivity index (χ0) is 17.5. The van der Waals surface area contributed by atoms with Gasteiger partial charge in [-0.05, 0) is 57.3 Å². The standard InChI is InChI=1S/C20H26N4O/c1-16(8-9-17-6-3-2-4-7-17)24-14-10-18(11-15-24)19(25)23-20-21-12-5-13-22-20/h2-7,12-13,16,18H,8-11,14-15H2,1H3,(H,21,22,23,25)/t16-/m0/s1. The molecule has 1 amide bonds. The molecule has 2 heterocycles. The van der Waals surface area contributed by atoms with Crippen LogP contribution in [-0.4, -0.2) is 39.9 Å². The number of hydrogen-bond donors (Lipinski definition) is 1. The number of amides is 1. The molecule has 1 aliphatic rings. The number of nitrogens with zero attached hydrogens (tertiary/aromatic N) is 3. The molecular weight excluding hydrogens is 312 g/mol. The minimum atomic E-state index is 0.0442. The minimum Gasteiger partial charge on any atom is -0.301 e. The molecule has 1 saturated heterocycles. The monoisotopic (exact) mass is 338 g/mol. The second-order valence-electron chi connectivity index (χ2n) is 6.75. The van der Waals surface area contributed by atoms with E-state index in [9.17, 15) is 4.79 Å². The summed E-state index contributed by atoms with van der Waals surface area (Å²) in [6.45, 7) is 4.24. The van der Waals surface area contributed by atoms with Gasteiger partial charge in [0.2, 0.25) is 11.9 Å². The lowest BCUT2D eigenvalue weighted by atomic mass is 9.94. The second kappa shape index (κ2) is 8.72. The highest BCUT2D eigenvalue weighted by Crippen LogP contribution is 2.22. The Morgan fingerprint density at radius 1 is 1.16 bits per heavy atom. The Hall–Kier alpha value is -2.27. The van der Waals surface area contributed by atoms with E-state index in [4.69, 9.17) is 0 Å². The number of rotatable bonds is 6. The number of benzene rings is 1. The Morgan fingerprint density at radius 3 is 2.52 bits per heavy atom. The first-order valence-corrected chi connectivity index (χ1v) is 9.08. The number of hydrogen-bond acceptors (Lipinski definition) is 4. The molecule has 5 heteroatoms. The molecule has 0 aliphatic carbocycles. The van der Waals surface area contributed by atoms with Gasteiger partial charge in [-0.3, -0.25) is 10.1 Å². The zero-order valence-corrected chi connectivity index (χ0v) is 14.8. The van der Waals surface area contributed by atoms with Gasteiger partial charge in [0.15, 0.2) is 0 Å². The van der Waals surface area contributed by atoms with Crippen LogP contribution in [0, 0.1) is 5.92 Å². The van der Waals surface area contributed by atoms with E-state index in [2.05, 4.69) is 57.4 Å². The van der Waals surface area contributed by atoms with Crippen LogP contribution in [0.5, 0.6) is 0 Å². The summed E-state index contributed by atoms with van der Waals surface area (Å²) in [5.74, 6) is 0.496. The maximum Gasteiger partial charge on any atom is 0.229 e. The summed E-state index contributed by atoms with van der Waals surface area (Å²) in [5, 5.41) is 2.82. The normalized spacial score (nSPS) is 17.2. The van der Waals surface area contributed by atoms with Crippen LogP contribution in [0.4, 0.5) is 5.95 Å². The molecule has 1 N–H and O–H groups in total. The SMILES string of the molecule is C[C@@H](CCc1ccccc1)N1CCC(C(=O)Nc2ncccn2)CC1. The number of piperidine rings is 1. The van der Waals surface area contributed by atoms with Gasteiger partial charge < -0.3 is 4.90 Å². The summed E-state index contributed by atoms with van der Waals surface area (Å²) in [4.78, 5) is 23.0. The number of carbonyl (C=O) groups excluding carboxylic acids is 1. The largest absolute Gasteiger partial charge is 0.301 e. The van der Waals surface area contributed by atoms with E-state index in [0.717, 1.165) is 38.8 Å². The van der Waals surface area contributed by atoms with E-state index in [-0.39, 0.29) is 11.8 Å². The predicted molar refractivity (Wildman–Crippen MR) is 99.2 cm³/mol. The summed E-state index contributed by atoms with van der Waals surface area (Å²) in [7, 11) is 0. The number of nitrogens with one attached hydrogen (secondary N) is 1. The van der Waals surface area contributed by atoms with Crippen molar-refractivity contribution in [2.45, 2.75) is 38.6 Å². The molecule has 0 unspecified atom stereocenters. The lowest BCUT2D eigenvalue weighted by Gasteiger charge is -2.35. The fourth-order valence-corrected chi connectivity index (χ4v) is 3.38. The molecule has 1 aromatic heterocycles. The fourth-order valence-electron chi connectivity index (χ4n) is 3.38. The molecule has 25 heavy (non-hydrogen) atoms. The molecule has 0 spiro atoms. The van der Waals surface area contributed by atoms with Crippen LogP contribution in [0.3, 0.4) is 0 Å². The van der Waals surface area contributed by atoms with Gasteiger partial charge in [-0.25, -0.2) is 9.97 Å². The summed E-state index contributed by atoms with van der Waals surface area (Å²) in [6, 6.07) is 12.9. The highest BCUT2D eigenvalue weighted by atomic mass is 16.2. The molecule has 2 aromatic rings. The van der Waals surface area contributed by atoms with E-state index in [1.807, 2.05) is 0 Å². The smallest absolute Gasteiger partial charge is 0.229 e. The van der Waals surface area contributed by atoms with Gasteiger partial charge in [0.25, 0.3) is 0 Å². The number of aromatic nitrogens is 2. The molecule has 5 nitrogen and oxygen atoms in total. The maximum atomic E-state index is 12.3. The van der Waals surface area contributed by atoms with Crippen LogP contribution >= 0.6 is 0 Å². The Balaban J connectivity index is 1.42. The second-order valence-corrected chi connectivity index (χ2v) is 6.75. The van der Waals surface area contributed by atoms with Crippen molar-refractivity contribution in [3.63, 3.8) is 0 Å². The average molecular weight is 338 g/mol. The van der Waals surface area contributed by atoms with Gasteiger partial charge in [-0.2, -0.15) is 0 Å². The first-order valence-electron chi connectivity index (χ1n) is 9.08. The van der Waals surface area contributed by atoms with E-state index in [1.54, 1.807) is 18.5 Å². The number of anilines is 1. The van der Waals surface area contributed by atoms with Crippen molar-refractivity contribution < 1.29 is 4.79 Å². The lowest BCUT2D eigenvalue weighted by Crippen LogP contribution is -2.42. The molecule has 132 valence electrons. The average Bonchev–Trinajstić information content (AvgIpc) is 2.68. The third-order valence-corrected chi connectivity index (χ3v) is 5.02. The summed E-state index contributed by atoms with van der Waals surface area (Å²) >= 11 is 0. The van der Waals surface area contributed by atoms with Crippen LogP contribution in [0.1, 0.15) is 31.7 Å². The summed E-state index contributed by atoms with van der Waals surface area (Å²) in [6.07, 6.45) is 7.33. The predicted octanol–water partition coefficient (Wildman–Crippen LogP) is 3.15. The number of carbonyl (C=O) groups is 1. The molecule has 0 saturated carbocycles. The van der Waals surface area contributed by atoms with Gasteiger partial charge in [0.1, 0.15) is 0 Å². The molecule has 1 aliphatic heterocycles. The van der Waals surface area contributed by atoms with Gasteiger partial charge in [0.05, 0.1) is 0 Å². The van der Waals surface area contributed by atoms with Gasteiger partial charge in [-0.15, -0.1) is 0 Å². The van der Waals surface area contributed by atoms with E-state index in [0.29, 0.717) is 12.0 Å². The maximum absolute atomic E-state index is 12.3. The lowest BCUT2D eigenvalue weighted by molar-refractivity contribution is -0.121. The van der Waals surface area contributed by atoms with Crippen LogP contribution in [0.15, 0.2) is 48.8 Å². The molecule has 0 bridgehead atoms. The molecule has 1 aromatic carbocycles. The quantitative estimate of drug-likeness (QED) is 0.879. The number of aryl methyl sites for hydroxylation is 1. The van der Waals surface area contributed by atoms with Gasteiger partial charge in [0, 0.05) is 24.4 Å². The van der Waals surface area contributed by atoms with Crippen LogP contribution in [-0.2, 0) is 11.2 Å². The van der Waals surface area contributed by atoms with Crippen molar-refractivity contribution in [3.8, 4) is 0 Å². The van der Waals surface area contributed by atoms with Crippen molar-refractivity contribution in [2.24, 2.45) is 5.92 Å². The Kier molecular flexibility index (Phi) is 6.12. The van der Waals surface area contributed by atoms with E-state index in [1.165, 1.54) is 5.56 Å². The van der Waals surface area contributed by atoms with Crippen LogP contribution in [0.25, 0.3) is 0 Å². The Morgan fingerprint density at radius 2 is 1.84 bits per heavy atom. The molecular formula is C20H26N4O. The Labute approximate surface area is 149 Å². The summed E-state index contributed by atoms with van der Waals surface area (Å²) in [5.41, 5.74) is 1.39. The molecule has 0 radical (unpaired) electrons. The third kappa shape index (κ3) is 5.10. The first-order chi connectivity index (χ1) is 12.2. The van der Waals surface area contributed by atoms with Crippen molar-refractivity contribution in [2.75, 3.05) is 18.4 Å². The van der Waals surface area contributed by atoms with Crippen molar-refractivity contribution in [1.82, 2.24) is 14.9 Å². The number of likely N-dealkylation sites (tertiary alicyclic amines) is 1. The van der Waals surface area contributed by atoms with E-state index < -0.39 is 0 Å². The fraction of sp³-hybridized carbons (Fsp3) is 0.450. The molecule has 1 fully saturated rings. The third-order valence-electron chi connectivity index (χ3n) is 5.02. The highest BCUT2D eigenvalue weighted by molar-refractivity contribution is 5.90. The highest BCUT2D eigenvalue weighted by Gasteiger charge is 2.27. The van der Waals surface area contributed by atoms with Crippen molar-refractivity contribution in [3.05, 3.63) is 54.4 Å². The molecule has 1 atom stereocenters. The topological polar surface area (TPSA) is 58.1 Å². The van der Waals surface area contributed by atoms with Crippen molar-refractivity contribution in [1.29, 1.82) is 0 Å². The first kappa shape index (κ1) is 17.5. The zero-order valence-electron chi connectivity index (χ0n) is 14.8. The van der Waals surface area contributed by atoms with E-state index >= 15 is 0 Å². The van der Waals surface area contributed by atoms with Gasteiger partial charge in [-0.1, -0.05) is 30.3 Å².